The van der Waals surface area contributed by atoms with Gasteiger partial charge in [-0.25, -0.2) is 0 Å². The molecule has 0 heterocycles. The van der Waals surface area contributed by atoms with Crippen LogP contribution in [-0.2, 0) is 9.59 Å². The molecule has 1 atom stereocenters. The highest BCUT2D eigenvalue weighted by Gasteiger charge is 2.27. The Kier molecular flexibility index (Phi) is 4.89. The van der Waals surface area contributed by atoms with Crippen LogP contribution < -0.4 is 16.4 Å². The van der Waals surface area contributed by atoms with E-state index in [4.69, 9.17) is 5.73 Å². The maximum absolute atomic E-state index is 12.0. The fraction of sp³-hybridized carbons (Fsp3) is 0.467. The lowest BCUT2D eigenvalue weighted by Gasteiger charge is -2.25. The standard InChI is InChI=1S/C15H23N3O2/c1-9-8-11(6-7-12(9)17-10(2)19)18-14(20)13(16)15(3,4)5/h6-8,13H,16H2,1-5H3,(H,17,19)(H,18,20). The van der Waals surface area contributed by atoms with Crippen molar-refractivity contribution in [3.63, 3.8) is 0 Å². The van der Waals surface area contributed by atoms with E-state index in [1.165, 1.54) is 6.92 Å². The van der Waals surface area contributed by atoms with Gasteiger partial charge < -0.3 is 16.4 Å². The number of carbonyl (C=O) groups is 2. The molecule has 0 bridgehead atoms. The van der Waals surface area contributed by atoms with Gasteiger partial charge in [0.25, 0.3) is 0 Å². The molecule has 1 aromatic carbocycles. The van der Waals surface area contributed by atoms with Crippen LogP contribution in [0.15, 0.2) is 18.2 Å². The van der Waals surface area contributed by atoms with E-state index in [2.05, 4.69) is 10.6 Å². The van der Waals surface area contributed by atoms with Gasteiger partial charge in [0.15, 0.2) is 0 Å². The van der Waals surface area contributed by atoms with E-state index in [9.17, 15) is 9.59 Å². The van der Waals surface area contributed by atoms with Crippen molar-refractivity contribution in [1.29, 1.82) is 0 Å². The number of anilines is 2. The second kappa shape index (κ2) is 6.05. The minimum atomic E-state index is -0.585. The van der Waals surface area contributed by atoms with Gasteiger partial charge in [-0.1, -0.05) is 20.8 Å². The number of benzene rings is 1. The molecule has 0 aliphatic rings. The van der Waals surface area contributed by atoms with Crippen LogP contribution in [0.1, 0.15) is 33.3 Å². The van der Waals surface area contributed by atoms with Gasteiger partial charge in [-0.05, 0) is 36.1 Å². The summed E-state index contributed by atoms with van der Waals surface area (Å²) >= 11 is 0. The lowest BCUT2D eigenvalue weighted by molar-refractivity contribution is -0.119. The fourth-order valence-electron chi connectivity index (χ4n) is 1.68. The van der Waals surface area contributed by atoms with E-state index < -0.39 is 6.04 Å². The van der Waals surface area contributed by atoms with Gasteiger partial charge in [-0.3, -0.25) is 9.59 Å². The first-order valence-corrected chi connectivity index (χ1v) is 6.56. The zero-order valence-corrected chi connectivity index (χ0v) is 12.7. The number of rotatable bonds is 3. The predicted octanol–water partition coefficient (Wildman–Crippen LogP) is 2.27. The molecule has 0 aromatic heterocycles. The highest BCUT2D eigenvalue weighted by Crippen LogP contribution is 2.22. The summed E-state index contributed by atoms with van der Waals surface area (Å²) < 4.78 is 0. The van der Waals surface area contributed by atoms with Crippen molar-refractivity contribution in [2.24, 2.45) is 11.1 Å². The molecule has 0 aliphatic carbocycles. The molecule has 2 amide bonds. The first-order valence-electron chi connectivity index (χ1n) is 6.56. The van der Waals surface area contributed by atoms with Crippen molar-refractivity contribution in [3.8, 4) is 0 Å². The number of nitrogens with one attached hydrogen (secondary N) is 2. The van der Waals surface area contributed by atoms with Gasteiger partial charge in [0.05, 0.1) is 6.04 Å². The van der Waals surface area contributed by atoms with Crippen molar-refractivity contribution >= 4 is 23.2 Å². The number of aryl methyl sites for hydroxylation is 1. The minimum Gasteiger partial charge on any atom is -0.326 e. The summed E-state index contributed by atoms with van der Waals surface area (Å²) in [5, 5.41) is 5.52. The molecule has 4 N–H and O–H groups in total. The maximum Gasteiger partial charge on any atom is 0.241 e. The largest absolute Gasteiger partial charge is 0.326 e. The summed E-state index contributed by atoms with van der Waals surface area (Å²) in [6.45, 7) is 9.08. The monoisotopic (exact) mass is 277 g/mol. The third-order valence-corrected chi connectivity index (χ3v) is 3.02. The molecular formula is C15H23N3O2. The van der Waals surface area contributed by atoms with Gasteiger partial charge in [-0.15, -0.1) is 0 Å². The molecule has 0 saturated carbocycles. The molecule has 1 aromatic rings. The van der Waals surface area contributed by atoms with Crippen LogP contribution in [0.4, 0.5) is 11.4 Å². The molecule has 0 spiro atoms. The molecule has 0 saturated heterocycles. The number of hydrogen-bond acceptors (Lipinski definition) is 3. The Labute approximate surface area is 119 Å². The van der Waals surface area contributed by atoms with E-state index in [0.717, 1.165) is 11.3 Å². The highest BCUT2D eigenvalue weighted by atomic mass is 16.2. The molecule has 1 unspecified atom stereocenters. The number of carbonyl (C=O) groups excluding carboxylic acids is 2. The molecule has 110 valence electrons. The van der Waals surface area contributed by atoms with Crippen LogP contribution in [-0.4, -0.2) is 17.9 Å². The lowest BCUT2D eigenvalue weighted by Crippen LogP contribution is -2.45. The van der Waals surface area contributed by atoms with Gasteiger partial charge in [-0.2, -0.15) is 0 Å². The van der Waals surface area contributed by atoms with E-state index in [-0.39, 0.29) is 17.2 Å². The zero-order chi connectivity index (χ0) is 15.5. The van der Waals surface area contributed by atoms with Crippen LogP contribution in [0.5, 0.6) is 0 Å². The number of nitrogens with two attached hydrogens (primary N) is 1. The van der Waals surface area contributed by atoms with Crippen LogP contribution >= 0.6 is 0 Å². The van der Waals surface area contributed by atoms with Crippen LogP contribution in [0.3, 0.4) is 0 Å². The van der Waals surface area contributed by atoms with Gasteiger partial charge in [0.1, 0.15) is 0 Å². The Morgan fingerprint density at radius 3 is 2.25 bits per heavy atom. The normalized spacial score (nSPS) is 12.7. The number of amides is 2. The van der Waals surface area contributed by atoms with Crippen molar-refractivity contribution in [1.82, 2.24) is 0 Å². The molecular weight excluding hydrogens is 254 g/mol. The molecule has 1 rings (SSSR count). The van der Waals surface area contributed by atoms with Crippen molar-refractivity contribution in [2.45, 2.75) is 40.7 Å². The SMILES string of the molecule is CC(=O)Nc1ccc(NC(=O)C(N)C(C)(C)C)cc1C. The molecule has 20 heavy (non-hydrogen) atoms. The van der Waals surface area contributed by atoms with E-state index >= 15 is 0 Å². The molecule has 0 radical (unpaired) electrons. The molecule has 5 heteroatoms. The van der Waals surface area contributed by atoms with Crippen LogP contribution in [0.25, 0.3) is 0 Å². The van der Waals surface area contributed by atoms with Crippen LogP contribution in [0.2, 0.25) is 0 Å². The van der Waals surface area contributed by atoms with Gasteiger partial charge in [0.2, 0.25) is 11.8 Å². The zero-order valence-electron chi connectivity index (χ0n) is 12.7. The Hall–Kier alpha value is -1.88. The molecule has 5 nitrogen and oxygen atoms in total. The van der Waals surface area contributed by atoms with Gasteiger partial charge in [0, 0.05) is 18.3 Å². The minimum absolute atomic E-state index is 0.125. The van der Waals surface area contributed by atoms with E-state index in [1.54, 1.807) is 18.2 Å². The average Bonchev–Trinajstić information content (AvgIpc) is 2.30. The van der Waals surface area contributed by atoms with Crippen molar-refractivity contribution in [3.05, 3.63) is 23.8 Å². The third-order valence-electron chi connectivity index (χ3n) is 3.02. The van der Waals surface area contributed by atoms with Crippen molar-refractivity contribution in [2.75, 3.05) is 10.6 Å². The topological polar surface area (TPSA) is 84.2 Å². The lowest BCUT2D eigenvalue weighted by atomic mass is 9.87. The summed E-state index contributed by atoms with van der Waals surface area (Å²) in [5.41, 5.74) is 7.89. The summed E-state index contributed by atoms with van der Waals surface area (Å²) in [5.74, 6) is -0.344. The van der Waals surface area contributed by atoms with E-state index in [1.807, 2.05) is 27.7 Å². The second-order valence-corrected chi connectivity index (χ2v) is 6.04. The van der Waals surface area contributed by atoms with Gasteiger partial charge >= 0.3 is 0 Å². The fourth-order valence-corrected chi connectivity index (χ4v) is 1.68. The quantitative estimate of drug-likeness (QED) is 0.792. The highest BCUT2D eigenvalue weighted by molar-refractivity contribution is 5.96. The molecule has 0 aliphatic heterocycles. The Bertz CT molecular complexity index is 518. The predicted molar refractivity (Wildman–Crippen MR) is 81.5 cm³/mol. The summed E-state index contributed by atoms with van der Waals surface area (Å²) in [7, 11) is 0. The Balaban J connectivity index is 2.82. The first-order chi connectivity index (χ1) is 9.11. The second-order valence-electron chi connectivity index (χ2n) is 6.04. The van der Waals surface area contributed by atoms with Crippen molar-refractivity contribution < 1.29 is 9.59 Å². The maximum atomic E-state index is 12.0. The van der Waals surface area contributed by atoms with E-state index in [0.29, 0.717) is 5.69 Å². The summed E-state index contributed by atoms with van der Waals surface area (Å²) in [6, 6.07) is 4.72. The third kappa shape index (κ3) is 4.35. The molecule has 0 fully saturated rings. The average molecular weight is 277 g/mol. The van der Waals surface area contributed by atoms with Crippen LogP contribution in [0, 0.1) is 12.3 Å². The summed E-state index contributed by atoms with van der Waals surface area (Å²) in [6.07, 6.45) is 0. The first kappa shape index (κ1) is 16.2. The smallest absolute Gasteiger partial charge is 0.241 e. The Morgan fingerprint density at radius 2 is 1.80 bits per heavy atom. The summed E-state index contributed by atoms with van der Waals surface area (Å²) in [4.78, 5) is 23.1. The number of hydrogen-bond donors (Lipinski definition) is 3. The Morgan fingerprint density at radius 1 is 1.20 bits per heavy atom.